The molecule has 24 heavy (non-hydrogen) atoms. The summed E-state index contributed by atoms with van der Waals surface area (Å²) in [4.78, 5) is 18.5. The Labute approximate surface area is 143 Å². The van der Waals surface area contributed by atoms with E-state index < -0.39 is 0 Å². The standard InChI is InChI=1S/C19H25N3O2/c1-5-11-22(19(23)15(2)3)14-18-20-10-12-21(18)13-16-6-8-17(24-4)9-7-16/h5-10,12,15H,1,11,13-14H2,2-4H3. The van der Waals surface area contributed by atoms with Crippen molar-refractivity contribution in [1.29, 1.82) is 0 Å². The Hall–Kier alpha value is -2.56. The van der Waals surface area contributed by atoms with E-state index in [-0.39, 0.29) is 11.8 Å². The maximum Gasteiger partial charge on any atom is 0.225 e. The zero-order valence-corrected chi connectivity index (χ0v) is 14.6. The second kappa shape index (κ2) is 8.34. The van der Waals surface area contributed by atoms with Crippen molar-refractivity contribution in [1.82, 2.24) is 14.5 Å². The largest absolute Gasteiger partial charge is 0.497 e. The molecular weight excluding hydrogens is 302 g/mol. The van der Waals surface area contributed by atoms with Gasteiger partial charge < -0.3 is 14.2 Å². The third-order valence-electron chi connectivity index (χ3n) is 3.80. The first-order valence-electron chi connectivity index (χ1n) is 8.07. The van der Waals surface area contributed by atoms with Crippen LogP contribution in [0.25, 0.3) is 0 Å². The van der Waals surface area contributed by atoms with Crippen molar-refractivity contribution in [3.63, 3.8) is 0 Å². The first-order chi connectivity index (χ1) is 11.5. The van der Waals surface area contributed by atoms with Gasteiger partial charge in [0.15, 0.2) is 0 Å². The van der Waals surface area contributed by atoms with E-state index >= 15 is 0 Å². The lowest BCUT2D eigenvalue weighted by Crippen LogP contribution is -2.34. The van der Waals surface area contributed by atoms with Crippen LogP contribution in [0.3, 0.4) is 0 Å². The number of rotatable bonds is 8. The number of amides is 1. The fraction of sp³-hybridized carbons (Fsp3) is 0.368. The summed E-state index contributed by atoms with van der Waals surface area (Å²) in [5.41, 5.74) is 1.15. The average Bonchev–Trinajstić information content (AvgIpc) is 3.01. The zero-order chi connectivity index (χ0) is 17.5. The number of imidazole rings is 1. The van der Waals surface area contributed by atoms with E-state index in [9.17, 15) is 4.79 Å². The lowest BCUT2D eigenvalue weighted by molar-refractivity contribution is -0.134. The van der Waals surface area contributed by atoms with Crippen molar-refractivity contribution in [3.8, 4) is 5.75 Å². The highest BCUT2D eigenvalue weighted by Crippen LogP contribution is 2.14. The Morgan fingerprint density at radius 2 is 2.08 bits per heavy atom. The number of methoxy groups -OCH3 is 1. The molecule has 0 fully saturated rings. The van der Waals surface area contributed by atoms with Gasteiger partial charge in [-0.25, -0.2) is 4.98 Å². The van der Waals surface area contributed by atoms with E-state index in [4.69, 9.17) is 4.74 Å². The molecule has 5 heteroatoms. The number of ether oxygens (including phenoxy) is 1. The predicted molar refractivity (Wildman–Crippen MR) is 94.8 cm³/mol. The van der Waals surface area contributed by atoms with E-state index in [0.29, 0.717) is 19.6 Å². The summed E-state index contributed by atoms with van der Waals surface area (Å²) in [6.45, 7) is 9.26. The maximum absolute atomic E-state index is 12.3. The van der Waals surface area contributed by atoms with Crippen molar-refractivity contribution in [2.24, 2.45) is 5.92 Å². The van der Waals surface area contributed by atoms with Crippen molar-refractivity contribution in [2.45, 2.75) is 26.9 Å². The molecule has 0 saturated heterocycles. The number of hydrogen-bond donors (Lipinski definition) is 0. The molecule has 1 amide bonds. The minimum atomic E-state index is -0.0463. The first-order valence-corrected chi connectivity index (χ1v) is 8.07. The molecule has 0 aliphatic heterocycles. The van der Waals surface area contributed by atoms with Crippen LogP contribution in [0.1, 0.15) is 25.2 Å². The lowest BCUT2D eigenvalue weighted by atomic mass is 10.2. The summed E-state index contributed by atoms with van der Waals surface area (Å²) < 4.78 is 7.24. The van der Waals surface area contributed by atoms with Gasteiger partial charge in [0.25, 0.3) is 0 Å². The molecule has 1 aromatic carbocycles. The smallest absolute Gasteiger partial charge is 0.225 e. The minimum absolute atomic E-state index is 0.0463. The molecule has 0 spiro atoms. The molecule has 0 radical (unpaired) electrons. The summed E-state index contributed by atoms with van der Waals surface area (Å²) in [7, 11) is 1.66. The number of benzene rings is 1. The molecule has 2 aromatic rings. The van der Waals surface area contributed by atoms with E-state index in [0.717, 1.165) is 17.1 Å². The predicted octanol–water partition coefficient (Wildman–Crippen LogP) is 3.11. The Morgan fingerprint density at radius 3 is 2.67 bits per heavy atom. The SMILES string of the molecule is C=CCN(Cc1nccn1Cc1ccc(OC)cc1)C(=O)C(C)C. The topological polar surface area (TPSA) is 47.4 Å². The molecule has 0 aliphatic carbocycles. The number of aromatic nitrogens is 2. The Bertz CT molecular complexity index is 674. The van der Waals surface area contributed by atoms with Crippen LogP contribution in [0.2, 0.25) is 0 Å². The van der Waals surface area contributed by atoms with Crippen LogP contribution < -0.4 is 4.74 Å². The minimum Gasteiger partial charge on any atom is -0.497 e. The van der Waals surface area contributed by atoms with E-state index in [1.165, 1.54) is 0 Å². The van der Waals surface area contributed by atoms with Gasteiger partial charge >= 0.3 is 0 Å². The number of carbonyl (C=O) groups is 1. The van der Waals surface area contributed by atoms with E-state index in [2.05, 4.69) is 16.1 Å². The molecule has 1 heterocycles. The Balaban J connectivity index is 2.13. The van der Waals surface area contributed by atoms with Crippen LogP contribution >= 0.6 is 0 Å². The Morgan fingerprint density at radius 1 is 1.38 bits per heavy atom. The quantitative estimate of drug-likeness (QED) is 0.700. The van der Waals surface area contributed by atoms with E-state index in [1.54, 1.807) is 24.3 Å². The van der Waals surface area contributed by atoms with Gasteiger partial charge in [0.2, 0.25) is 5.91 Å². The summed E-state index contributed by atoms with van der Waals surface area (Å²) in [6, 6.07) is 7.95. The summed E-state index contributed by atoms with van der Waals surface area (Å²) in [6.07, 6.45) is 5.45. The fourth-order valence-electron chi connectivity index (χ4n) is 2.49. The molecule has 5 nitrogen and oxygen atoms in total. The molecule has 1 aromatic heterocycles. The monoisotopic (exact) mass is 327 g/mol. The molecule has 0 bridgehead atoms. The van der Waals surface area contributed by atoms with Gasteiger partial charge in [0, 0.05) is 31.4 Å². The van der Waals surface area contributed by atoms with Crippen LogP contribution in [0.5, 0.6) is 5.75 Å². The molecule has 0 N–H and O–H groups in total. The summed E-state index contributed by atoms with van der Waals surface area (Å²) in [5, 5.41) is 0. The van der Waals surface area contributed by atoms with Gasteiger partial charge in [0.1, 0.15) is 11.6 Å². The van der Waals surface area contributed by atoms with Crippen LogP contribution in [0.4, 0.5) is 0 Å². The van der Waals surface area contributed by atoms with Crippen molar-refractivity contribution in [2.75, 3.05) is 13.7 Å². The zero-order valence-electron chi connectivity index (χ0n) is 14.6. The highest BCUT2D eigenvalue weighted by Gasteiger charge is 2.18. The molecule has 2 rings (SSSR count). The normalized spacial score (nSPS) is 10.7. The Kier molecular flexibility index (Phi) is 6.18. The van der Waals surface area contributed by atoms with E-state index in [1.807, 2.05) is 44.3 Å². The van der Waals surface area contributed by atoms with Gasteiger partial charge in [-0.3, -0.25) is 4.79 Å². The second-order valence-corrected chi connectivity index (χ2v) is 5.98. The third kappa shape index (κ3) is 4.47. The molecule has 0 saturated carbocycles. The van der Waals surface area contributed by atoms with Crippen molar-refractivity contribution < 1.29 is 9.53 Å². The van der Waals surface area contributed by atoms with Crippen molar-refractivity contribution in [3.05, 3.63) is 60.7 Å². The van der Waals surface area contributed by atoms with Crippen molar-refractivity contribution >= 4 is 5.91 Å². The molecule has 0 aliphatic rings. The third-order valence-corrected chi connectivity index (χ3v) is 3.80. The number of carbonyl (C=O) groups excluding carboxylic acids is 1. The van der Waals surface area contributed by atoms with Crippen LogP contribution in [-0.2, 0) is 17.9 Å². The summed E-state index contributed by atoms with van der Waals surface area (Å²) in [5.74, 6) is 1.76. The van der Waals surface area contributed by atoms with Gasteiger partial charge in [-0.05, 0) is 17.7 Å². The maximum atomic E-state index is 12.3. The van der Waals surface area contributed by atoms with Crippen LogP contribution in [0.15, 0.2) is 49.3 Å². The van der Waals surface area contributed by atoms with Gasteiger partial charge in [-0.2, -0.15) is 0 Å². The van der Waals surface area contributed by atoms with Crippen LogP contribution in [-0.4, -0.2) is 34.0 Å². The number of hydrogen-bond acceptors (Lipinski definition) is 3. The van der Waals surface area contributed by atoms with Crippen LogP contribution in [0, 0.1) is 5.92 Å². The van der Waals surface area contributed by atoms with Gasteiger partial charge in [0.05, 0.1) is 13.7 Å². The molecule has 0 atom stereocenters. The van der Waals surface area contributed by atoms with Gasteiger partial charge in [-0.1, -0.05) is 32.1 Å². The molecular formula is C19H25N3O2. The highest BCUT2D eigenvalue weighted by molar-refractivity contribution is 5.78. The molecule has 128 valence electrons. The number of nitrogens with zero attached hydrogens (tertiary/aromatic N) is 3. The fourth-order valence-corrected chi connectivity index (χ4v) is 2.49. The summed E-state index contributed by atoms with van der Waals surface area (Å²) >= 11 is 0. The second-order valence-electron chi connectivity index (χ2n) is 5.98. The first kappa shape index (κ1) is 17.8. The highest BCUT2D eigenvalue weighted by atomic mass is 16.5. The van der Waals surface area contributed by atoms with Gasteiger partial charge in [-0.15, -0.1) is 6.58 Å². The lowest BCUT2D eigenvalue weighted by Gasteiger charge is -2.23. The average molecular weight is 327 g/mol. The molecule has 0 unspecified atom stereocenters.